The van der Waals surface area contributed by atoms with Crippen molar-refractivity contribution >= 4 is 66.5 Å². The molecule has 1 heterocycles. The van der Waals surface area contributed by atoms with Crippen LogP contribution in [0.4, 0.5) is 0 Å². The molecule has 0 aliphatic rings. The van der Waals surface area contributed by atoms with E-state index in [4.69, 9.17) is 25.8 Å². The Bertz CT molecular complexity index is 1370. The third kappa shape index (κ3) is 6.10. The first kappa shape index (κ1) is 28.1. The number of halogens is 3. The molecule has 36 heavy (non-hydrogen) atoms. The van der Waals surface area contributed by atoms with E-state index in [-0.39, 0.29) is 28.9 Å². The first-order valence-corrected chi connectivity index (χ1v) is 13.3. The molecule has 192 valence electrons. The fraction of sp³-hybridized carbons (Fsp3) is 0.360. The van der Waals surface area contributed by atoms with Gasteiger partial charge in [0.25, 0.3) is 5.56 Å². The van der Waals surface area contributed by atoms with Gasteiger partial charge in [-0.2, -0.15) is 9.78 Å². The Morgan fingerprint density at radius 3 is 2.56 bits per heavy atom. The molecule has 0 aliphatic heterocycles. The molecule has 0 saturated heterocycles. The smallest absolute Gasteiger partial charge is 0.347 e. The van der Waals surface area contributed by atoms with Crippen LogP contribution in [0.1, 0.15) is 51.9 Å². The number of benzene rings is 2. The Kier molecular flexibility index (Phi) is 9.54. The second-order valence-corrected chi connectivity index (χ2v) is 10.1. The van der Waals surface area contributed by atoms with Crippen molar-refractivity contribution in [2.75, 3.05) is 13.2 Å². The molecule has 0 amide bonds. The first-order valence-electron chi connectivity index (χ1n) is 11.3. The maximum absolute atomic E-state index is 13.3. The minimum atomic E-state index is -0.900. The lowest BCUT2D eigenvalue weighted by molar-refractivity contribution is -0.150. The van der Waals surface area contributed by atoms with Gasteiger partial charge in [0.2, 0.25) is 0 Å². The van der Waals surface area contributed by atoms with Crippen molar-refractivity contribution in [1.29, 1.82) is 0 Å². The summed E-state index contributed by atoms with van der Waals surface area (Å²) in [5.74, 6) is 0.449. The first-order chi connectivity index (χ1) is 17.1. The zero-order valence-electron chi connectivity index (χ0n) is 20.5. The molecule has 1 aromatic heterocycles. The predicted molar refractivity (Wildman–Crippen MR) is 148 cm³/mol. The number of hydrogen-bond donors (Lipinski definition) is 0. The number of aromatic nitrogens is 2. The van der Waals surface area contributed by atoms with Gasteiger partial charge in [0.05, 0.1) is 30.3 Å². The molecule has 0 saturated carbocycles. The van der Waals surface area contributed by atoms with Crippen molar-refractivity contribution in [2.24, 2.45) is 5.10 Å². The monoisotopic (exact) mass is 641 g/mol. The molecule has 0 aliphatic carbocycles. The summed E-state index contributed by atoms with van der Waals surface area (Å²) in [7, 11) is 0. The summed E-state index contributed by atoms with van der Waals surface area (Å²) in [4.78, 5) is 30.0. The van der Waals surface area contributed by atoms with Crippen LogP contribution in [-0.2, 0) is 9.53 Å². The quantitative estimate of drug-likeness (QED) is 0.201. The number of fused-ring (bicyclic) bond motifs is 1. The highest BCUT2D eigenvalue weighted by Crippen LogP contribution is 2.43. The van der Waals surface area contributed by atoms with Crippen molar-refractivity contribution < 1.29 is 19.0 Å². The SMILES string of the molecule is CCOC(=O)[C@H](C)Oc1c(OCC)cc(C=Nn2c(C(C)C)nc3ccc(Br)cc3c2=O)c(Br)c1Cl. The van der Waals surface area contributed by atoms with Crippen LogP contribution in [0, 0.1) is 0 Å². The van der Waals surface area contributed by atoms with Gasteiger partial charge in [-0.1, -0.05) is 41.4 Å². The zero-order valence-corrected chi connectivity index (χ0v) is 24.4. The van der Waals surface area contributed by atoms with Crippen molar-refractivity contribution in [2.45, 2.75) is 46.6 Å². The van der Waals surface area contributed by atoms with E-state index in [1.54, 1.807) is 32.0 Å². The van der Waals surface area contributed by atoms with Crippen LogP contribution in [0.3, 0.4) is 0 Å². The summed E-state index contributed by atoms with van der Waals surface area (Å²) in [6.45, 7) is 9.54. The molecule has 2 aromatic carbocycles. The molecule has 3 aromatic rings. The largest absolute Gasteiger partial charge is 0.490 e. The molecular formula is C25H26Br2ClN3O5. The highest BCUT2D eigenvalue weighted by molar-refractivity contribution is 9.10. The summed E-state index contributed by atoms with van der Waals surface area (Å²) >= 11 is 13.5. The summed E-state index contributed by atoms with van der Waals surface area (Å²) < 4.78 is 19.1. The van der Waals surface area contributed by atoms with Crippen LogP contribution in [0.15, 0.2) is 43.1 Å². The topological polar surface area (TPSA) is 92.0 Å². The average molecular weight is 644 g/mol. The number of rotatable bonds is 9. The van der Waals surface area contributed by atoms with Crippen molar-refractivity contribution in [3.05, 3.63) is 60.0 Å². The minimum Gasteiger partial charge on any atom is -0.490 e. The lowest BCUT2D eigenvalue weighted by Crippen LogP contribution is -2.26. The average Bonchev–Trinajstić information content (AvgIpc) is 2.83. The maximum atomic E-state index is 13.3. The van der Waals surface area contributed by atoms with Gasteiger partial charge >= 0.3 is 5.97 Å². The Balaban J connectivity index is 2.10. The van der Waals surface area contributed by atoms with Gasteiger partial charge in [0, 0.05) is 20.4 Å². The second-order valence-electron chi connectivity index (χ2n) is 8.01. The summed E-state index contributed by atoms with van der Waals surface area (Å²) in [6, 6.07) is 7.02. The third-order valence-corrected chi connectivity index (χ3v) is 6.97. The van der Waals surface area contributed by atoms with Gasteiger partial charge < -0.3 is 14.2 Å². The van der Waals surface area contributed by atoms with E-state index in [0.717, 1.165) is 4.47 Å². The molecule has 1 atom stereocenters. The van der Waals surface area contributed by atoms with E-state index >= 15 is 0 Å². The molecule has 8 nitrogen and oxygen atoms in total. The van der Waals surface area contributed by atoms with E-state index in [0.29, 0.717) is 39.1 Å². The molecule has 0 fully saturated rings. The zero-order chi connectivity index (χ0) is 26.6. The predicted octanol–water partition coefficient (Wildman–Crippen LogP) is 6.31. The van der Waals surface area contributed by atoms with Crippen LogP contribution >= 0.6 is 43.5 Å². The molecule has 0 unspecified atom stereocenters. The standard InChI is InChI=1S/C25H26Br2ClN3O5/c1-6-34-19-10-15(20(27)21(28)22(19)36-14(5)25(33)35-7-2)12-29-31-23(13(3)4)30-18-9-8-16(26)11-17(18)24(31)32/h8-14H,6-7H2,1-5H3/t14-/m0/s1. The highest BCUT2D eigenvalue weighted by atomic mass is 79.9. The minimum absolute atomic E-state index is 0.0611. The fourth-order valence-corrected chi connectivity index (χ4v) is 4.33. The number of nitrogens with zero attached hydrogens (tertiary/aromatic N) is 3. The van der Waals surface area contributed by atoms with Gasteiger partial charge in [0.15, 0.2) is 17.6 Å². The maximum Gasteiger partial charge on any atom is 0.347 e. The second kappa shape index (κ2) is 12.2. The molecule has 0 radical (unpaired) electrons. The highest BCUT2D eigenvalue weighted by Gasteiger charge is 2.23. The lowest BCUT2D eigenvalue weighted by Gasteiger charge is -2.19. The number of ether oxygens (including phenoxy) is 3. The van der Waals surface area contributed by atoms with Gasteiger partial charge in [-0.25, -0.2) is 9.78 Å². The fourth-order valence-electron chi connectivity index (χ4n) is 3.33. The number of esters is 1. The summed E-state index contributed by atoms with van der Waals surface area (Å²) in [6.07, 6.45) is 0.596. The van der Waals surface area contributed by atoms with E-state index < -0.39 is 12.1 Å². The number of hydrogen-bond acceptors (Lipinski definition) is 7. The molecular weight excluding hydrogens is 618 g/mol. The normalized spacial score (nSPS) is 12.4. The van der Waals surface area contributed by atoms with Crippen LogP contribution in [0.25, 0.3) is 10.9 Å². The number of carbonyl (C=O) groups is 1. The molecule has 0 bridgehead atoms. The van der Waals surface area contributed by atoms with Crippen molar-refractivity contribution in [3.8, 4) is 11.5 Å². The van der Waals surface area contributed by atoms with Gasteiger partial charge in [-0.3, -0.25) is 4.79 Å². The van der Waals surface area contributed by atoms with Crippen molar-refractivity contribution in [3.63, 3.8) is 0 Å². The van der Waals surface area contributed by atoms with E-state index in [2.05, 4.69) is 41.9 Å². The van der Waals surface area contributed by atoms with Gasteiger partial charge in [-0.15, -0.1) is 0 Å². The molecule has 3 rings (SSSR count). The van der Waals surface area contributed by atoms with Crippen LogP contribution in [0.5, 0.6) is 11.5 Å². The Hall–Kier alpha value is -2.43. The Labute approximate surface area is 230 Å². The molecule has 0 spiro atoms. The Morgan fingerprint density at radius 1 is 1.19 bits per heavy atom. The van der Waals surface area contributed by atoms with Crippen molar-refractivity contribution in [1.82, 2.24) is 9.66 Å². The van der Waals surface area contributed by atoms with Crippen LogP contribution in [-0.4, -0.2) is 41.2 Å². The number of carbonyl (C=O) groups excluding carboxylic acids is 1. The van der Waals surface area contributed by atoms with E-state index in [1.165, 1.54) is 10.9 Å². The lowest BCUT2D eigenvalue weighted by atomic mass is 10.2. The van der Waals surface area contributed by atoms with Gasteiger partial charge in [-0.05, 0) is 61.0 Å². The van der Waals surface area contributed by atoms with Gasteiger partial charge in [0.1, 0.15) is 10.8 Å². The summed E-state index contributed by atoms with van der Waals surface area (Å²) in [5.41, 5.74) is 0.839. The molecule has 11 heteroatoms. The Morgan fingerprint density at radius 2 is 1.92 bits per heavy atom. The van der Waals surface area contributed by atoms with E-state index in [1.807, 2.05) is 26.8 Å². The van der Waals surface area contributed by atoms with E-state index in [9.17, 15) is 9.59 Å². The summed E-state index contributed by atoms with van der Waals surface area (Å²) in [5, 5.41) is 5.10. The third-order valence-electron chi connectivity index (χ3n) is 5.03. The molecule has 0 N–H and O–H groups in total. The van der Waals surface area contributed by atoms with Crippen LogP contribution in [0.2, 0.25) is 5.02 Å². The van der Waals surface area contributed by atoms with Crippen LogP contribution < -0.4 is 15.0 Å².